The standard InChI is InChI=1S/C17H20N2O4S/c1-3-13-8-10-14(11-9-13)24(21,22)18-12-17(20)19-15-6-4-5-7-16(15)23-2/h4-11,18H,3,12H2,1-2H3,(H,19,20). The van der Waals surface area contributed by atoms with Crippen molar-refractivity contribution in [3.63, 3.8) is 0 Å². The minimum atomic E-state index is -3.73. The number of rotatable bonds is 7. The van der Waals surface area contributed by atoms with E-state index in [4.69, 9.17) is 4.74 Å². The van der Waals surface area contributed by atoms with Crippen LogP contribution in [0.5, 0.6) is 5.75 Å². The molecule has 24 heavy (non-hydrogen) atoms. The number of hydrogen-bond donors (Lipinski definition) is 2. The maximum atomic E-state index is 12.2. The summed E-state index contributed by atoms with van der Waals surface area (Å²) in [5, 5.41) is 2.61. The minimum absolute atomic E-state index is 0.129. The first-order chi connectivity index (χ1) is 11.5. The second kappa shape index (κ2) is 7.94. The number of methoxy groups -OCH3 is 1. The Labute approximate surface area is 141 Å². The van der Waals surface area contributed by atoms with Crippen LogP contribution < -0.4 is 14.8 Å². The zero-order chi connectivity index (χ0) is 17.6. The van der Waals surface area contributed by atoms with Crippen molar-refractivity contribution in [2.24, 2.45) is 0 Å². The van der Waals surface area contributed by atoms with Crippen LogP contribution >= 0.6 is 0 Å². The molecule has 2 N–H and O–H groups in total. The molecule has 2 aromatic rings. The third-order valence-electron chi connectivity index (χ3n) is 3.45. The summed E-state index contributed by atoms with van der Waals surface area (Å²) in [5.74, 6) is 0.0251. The molecule has 2 aromatic carbocycles. The van der Waals surface area contributed by atoms with Crippen molar-refractivity contribution in [2.45, 2.75) is 18.2 Å². The van der Waals surface area contributed by atoms with Crippen molar-refractivity contribution in [1.29, 1.82) is 0 Å². The average molecular weight is 348 g/mol. The Bertz CT molecular complexity index is 802. The molecule has 0 atom stereocenters. The van der Waals surface area contributed by atoms with Crippen molar-refractivity contribution < 1.29 is 17.9 Å². The van der Waals surface area contributed by atoms with Crippen LogP contribution in [-0.4, -0.2) is 28.0 Å². The van der Waals surface area contributed by atoms with Crippen LogP contribution in [0.25, 0.3) is 0 Å². The number of carbonyl (C=O) groups is 1. The van der Waals surface area contributed by atoms with Crippen LogP contribution in [0.4, 0.5) is 5.69 Å². The first kappa shape index (κ1) is 18.0. The van der Waals surface area contributed by atoms with Gasteiger partial charge in [0.05, 0.1) is 24.2 Å². The van der Waals surface area contributed by atoms with Crippen molar-refractivity contribution in [1.82, 2.24) is 4.72 Å². The lowest BCUT2D eigenvalue weighted by atomic mass is 10.2. The highest BCUT2D eigenvalue weighted by atomic mass is 32.2. The molecular formula is C17H20N2O4S. The van der Waals surface area contributed by atoms with Gasteiger partial charge in [-0.1, -0.05) is 31.2 Å². The van der Waals surface area contributed by atoms with Gasteiger partial charge in [-0.3, -0.25) is 4.79 Å². The number of hydrogen-bond acceptors (Lipinski definition) is 4. The van der Waals surface area contributed by atoms with Gasteiger partial charge in [-0.15, -0.1) is 0 Å². The number of ether oxygens (including phenoxy) is 1. The Balaban J connectivity index is 1.99. The highest BCUT2D eigenvalue weighted by Crippen LogP contribution is 2.22. The predicted molar refractivity (Wildman–Crippen MR) is 92.6 cm³/mol. The predicted octanol–water partition coefficient (Wildman–Crippen LogP) is 2.17. The quantitative estimate of drug-likeness (QED) is 0.803. The largest absolute Gasteiger partial charge is 0.495 e. The Kier molecular flexibility index (Phi) is 5.94. The molecule has 0 unspecified atom stereocenters. The second-order valence-electron chi connectivity index (χ2n) is 5.07. The molecule has 7 heteroatoms. The maximum absolute atomic E-state index is 12.2. The van der Waals surface area contributed by atoms with E-state index in [1.807, 2.05) is 6.92 Å². The van der Waals surface area contributed by atoms with Gasteiger partial charge in [0.1, 0.15) is 5.75 Å². The SMILES string of the molecule is CCc1ccc(S(=O)(=O)NCC(=O)Nc2ccccc2OC)cc1. The highest BCUT2D eigenvalue weighted by molar-refractivity contribution is 7.89. The molecule has 0 radical (unpaired) electrons. The number of aryl methyl sites for hydroxylation is 1. The molecule has 128 valence electrons. The molecule has 0 aliphatic heterocycles. The molecule has 0 fully saturated rings. The van der Waals surface area contributed by atoms with Gasteiger partial charge >= 0.3 is 0 Å². The fraction of sp³-hybridized carbons (Fsp3) is 0.235. The van der Waals surface area contributed by atoms with Crippen LogP contribution in [0.1, 0.15) is 12.5 Å². The number of benzene rings is 2. The van der Waals surface area contributed by atoms with E-state index < -0.39 is 15.9 Å². The van der Waals surface area contributed by atoms with E-state index in [2.05, 4.69) is 10.0 Å². The fourth-order valence-electron chi connectivity index (χ4n) is 2.09. The van der Waals surface area contributed by atoms with Crippen molar-refractivity contribution in [3.8, 4) is 5.75 Å². The molecule has 0 heterocycles. The van der Waals surface area contributed by atoms with Crippen molar-refractivity contribution in [2.75, 3.05) is 19.0 Å². The lowest BCUT2D eigenvalue weighted by Gasteiger charge is -2.11. The van der Waals surface area contributed by atoms with E-state index in [0.29, 0.717) is 11.4 Å². The summed E-state index contributed by atoms with van der Waals surface area (Å²) in [4.78, 5) is 12.1. The van der Waals surface area contributed by atoms with Gasteiger partial charge in [-0.2, -0.15) is 0 Å². The highest BCUT2D eigenvalue weighted by Gasteiger charge is 2.16. The van der Waals surface area contributed by atoms with E-state index in [1.165, 1.54) is 19.2 Å². The molecule has 0 aromatic heterocycles. The molecule has 6 nitrogen and oxygen atoms in total. The zero-order valence-electron chi connectivity index (χ0n) is 13.6. The number of carbonyl (C=O) groups excluding carboxylic acids is 1. The molecule has 0 aliphatic rings. The van der Waals surface area contributed by atoms with Gasteiger partial charge in [0.15, 0.2) is 0 Å². The van der Waals surface area contributed by atoms with Gasteiger partial charge in [0.25, 0.3) is 0 Å². The summed E-state index contributed by atoms with van der Waals surface area (Å²) >= 11 is 0. The van der Waals surface area contributed by atoms with Crippen molar-refractivity contribution in [3.05, 3.63) is 54.1 Å². The molecule has 1 amide bonds. The first-order valence-corrected chi connectivity index (χ1v) is 8.96. The average Bonchev–Trinajstić information content (AvgIpc) is 2.60. The van der Waals surface area contributed by atoms with Gasteiger partial charge in [0, 0.05) is 0 Å². The Morgan fingerprint density at radius 3 is 2.38 bits per heavy atom. The van der Waals surface area contributed by atoms with E-state index in [1.54, 1.807) is 36.4 Å². The molecule has 0 spiro atoms. The smallest absolute Gasteiger partial charge is 0.241 e. The maximum Gasteiger partial charge on any atom is 0.241 e. The van der Waals surface area contributed by atoms with Gasteiger partial charge in [-0.25, -0.2) is 13.1 Å². The Hall–Kier alpha value is -2.38. The van der Waals surface area contributed by atoms with E-state index in [9.17, 15) is 13.2 Å². The van der Waals surface area contributed by atoms with E-state index >= 15 is 0 Å². The number of sulfonamides is 1. The van der Waals surface area contributed by atoms with E-state index in [-0.39, 0.29) is 11.4 Å². The number of para-hydroxylation sites is 2. The number of nitrogens with one attached hydrogen (secondary N) is 2. The first-order valence-electron chi connectivity index (χ1n) is 7.47. The summed E-state index contributed by atoms with van der Waals surface area (Å²) in [6.45, 7) is 1.62. The zero-order valence-corrected chi connectivity index (χ0v) is 14.4. The van der Waals surface area contributed by atoms with E-state index in [0.717, 1.165) is 12.0 Å². The Morgan fingerprint density at radius 1 is 1.08 bits per heavy atom. The van der Waals surface area contributed by atoms with Gasteiger partial charge in [0.2, 0.25) is 15.9 Å². The molecule has 0 saturated heterocycles. The summed E-state index contributed by atoms with van der Waals surface area (Å²) in [6, 6.07) is 13.5. The third-order valence-corrected chi connectivity index (χ3v) is 4.86. The molecule has 0 bridgehead atoms. The van der Waals surface area contributed by atoms with Crippen LogP contribution in [0.2, 0.25) is 0 Å². The Morgan fingerprint density at radius 2 is 1.75 bits per heavy atom. The molecule has 2 rings (SSSR count). The second-order valence-corrected chi connectivity index (χ2v) is 6.84. The monoisotopic (exact) mass is 348 g/mol. The fourth-order valence-corrected chi connectivity index (χ4v) is 3.07. The summed E-state index contributed by atoms with van der Waals surface area (Å²) in [5.41, 5.74) is 1.53. The third kappa shape index (κ3) is 4.56. The van der Waals surface area contributed by atoms with Crippen molar-refractivity contribution >= 4 is 21.6 Å². The normalized spacial score (nSPS) is 11.1. The van der Waals surface area contributed by atoms with Crippen LogP contribution in [-0.2, 0) is 21.2 Å². The summed E-state index contributed by atoms with van der Waals surface area (Å²) in [6.07, 6.45) is 0.828. The topological polar surface area (TPSA) is 84.5 Å². The van der Waals surface area contributed by atoms with Crippen LogP contribution in [0.3, 0.4) is 0 Å². The minimum Gasteiger partial charge on any atom is -0.495 e. The molecule has 0 saturated carbocycles. The summed E-state index contributed by atoms with van der Waals surface area (Å²) < 4.78 is 31.8. The van der Waals surface area contributed by atoms with Gasteiger partial charge in [-0.05, 0) is 36.2 Å². The number of anilines is 1. The van der Waals surface area contributed by atoms with Gasteiger partial charge < -0.3 is 10.1 Å². The van der Waals surface area contributed by atoms with Crippen LogP contribution in [0, 0.1) is 0 Å². The molecule has 0 aliphatic carbocycles. The molecular weight excluding hydrogens is 328 g/mol. The summed E-state index contributed by atoms with van der Waals surface area (Å²) in [7, 11) is -2.24. The van der Waals surface area contributed by atoms with Crippen LogP contribution in [0.15, 0.2) is 53.4 Å². The lowest BCUT2D eigenvalue weighted by molar-refractivity contribution is -0.115. The number of amides is 1. The lowest BCUT2D eigenvalue weighted by Crippen LogP contribution is -2.33.